The summed E-state index contributed by atoms with van der Waals surface area (Å²) >= 11 is 0. The van der Waals surface area contributed by atoms with Crippen LogP contribution in [0.25, 0.3) is 6.08 Å². The van der Waals surface area contributed by atoms with Crippen LogP contribution in [0.5, 0.6) is 5.75 Å². The van der Waals surface area contributed by atoms with E-state index in [1.807, 2.05) is 6.07 Å². The molecule has 2 fully saturated rings. The smallest absolute Gasteiger partial charge is 0.165 e. The SMILES string of the molecule is COc1ccc2c(c1)CC[C@@H]1[C@@H]2CC[C@]2(C)C(=O)C(=Cc3ccccc3F)C[C@@H]12. The summed E-state index contributed by atoms with van der Waals surface area (Å²) in [7, 11) is 1.72. The lowest BCUT2D eigenvalue weighted by Crippen LogP contribution is -2.42. The van der Waals surface area contributed by atoms with Crippen molar-refractivity contribution in [3.63, 3.8) is 0 Å². The van der Waals surface area contributed by atoms with Crippen molar-refractivity contribution in [2.24, 2.45) is 17.3 Å². The van der Waals surface area contributed by atoms with Crippen LogP contribution in [0.2, 0.25) is 0 Å². The summed E-state index contributed by atoms with van der Waals surface area (Å²) in [4.78, 5) is 13.4. The zero-order valence-electron chi connectivity index (χ0n) is 17.1. The minimum absolute atomic E-state index is 0.240. The molecule has 2 aromatic rings. The van der Waals surface area contributed by atoms with Crippen molar-refractivity contribution >= 4 is 11.9 Å². The molecule has 0 saturated heterocycles. The number of hydrogen-bond donors (Lipinski definition) is 0. The van der Waals surface area contributed by atoms with Crippen molar-refractivity contribution in [3.05, 3.63) is 70.5 Å². The average molecular weight is 390 g/mol. The van der Waals surface area contributed by atoms with Crippen LogP contribution >= 0.6 is 0 Å². The molecule has 0 aliphatic heterocycles. The highest BCUT2D eigenvalue weighted by Crippen LogP contribution is 2.60. The van der Waals surface area contributed by atoms with Gasteiger partial charge in [0.25, 0.3) is 0 Å². The first-order valence-corrected chi connectivity index (χ1v) is 10.7. The number of carbonyl (C=O) groups excluding carboxylic acids is 1. The van der Waals surface area contributed by atoms with Gasteiger partial charge >= 0.3 is 0 Å². The molecule has 3 aliphatic carbocycles. The molecule has 5 rings (SSSR count). The molecule has 2 aromatic carbocycles. The number of ether oxygens (including phenoxy) is 1. The van der Waals surface area contributed by atoms with Gasteiger partial charge in [-0.05, 0) is 90.8 Å². The lowest BCUT2D eigenvalue weighted by Gasteiger charge is -2.48. The van der Waals surface area contributed by atoms with E-state index in [4.69, 9.17) is 4.74 Å². The summed E-state index contributed by atoms with van der Waals surface area (Å²) in [5.74, 6) is 2.29. The summed E-state index contributed by atoms with van der Waals surface area (Å²) in [5.41, 5.74) is 3.88. The Morgan fingerprint density at radius 2 is 2.00 bits per heavy atom. The second-order valence-corrected chi connectivity index (χ2v) is 9.16. The minimum Gasteiger partial charge on any atom is -0.497 e. The number of benzene rings is 2. The number of allylic oxidation sites excluding steroid dienone is 1. The molecule has 4 atom stereocenters. The standard InChI is InChI=1S/C26H27FO2/c1-26-12-11-21-20-10-8-19(29-2)14-16(20)7-9-22(21)23(26)15-18(25(26)28)13-17-5-3-4-6-24(17)27/h3-6,8,10,13-14,21-23H,7,9,11-12,15H2,1-2H3/t21-,22-,23+,26+/m1/s1. The molecule has 3 heteroatoms. The average Bonchev–Trinajstić information content (AvgIpc) is 2.99. The van der Waals surface area contributed by atoms with Crippen LogP contribution in [0.3, 0.4) is 0 Å². The van der Waals surface area contributed by atoms with Crippen LogP contribution in [0, 0.1) is 23.1 Å². The summed E-state index contributed by atoms with van der Waals surface area (Å²) in [5, 5.41) is 0. The van der Waals surface area contributed by atoms with E-state index in [1.54, 1.807) is 25.3 Å². The van der Waals surface area contributed by atoms with Crippen LogP contribution in [-0.2, 0) is 11.2 Å². The van der Waals surface area contributed by atoms with E-state index in [0.29, 0.717) is 23.3 Å². The Bertz CT molecular complexity index is 1010. The van der Waals surface area contributed by atoms with Crippen molar-refractivity contribution in [1.82, 2.24) is 0 Å². The first kappa shape index (κ1) is 18.6. The van der Waals surface area contributed by atoms with Crippen LogP contribution in [-0.4, -0.2) is 12.9 Å². The molecule has 0 radical (unpaired) electrons. The van der Waals surface area contributed by atoms with E-state index in [0.717, 1.165) is 43.4 Å². The second-order valence-electron chi connectivity index (χ2n) is 9.16. The number of rotatable bonds is 2. The first-order chi connectivity index (χ1) is 14.0. The topological polar surface area (TPSA) is 26.3 Å². The normalized spacial score (nSPS) is 31.9. The van der Waals surface area contributed by atoms with Crippen LogP contribution in [0.15, 0.2) is 48.0 Å². The molecular weight excluding hydrogens is 363 g/mol. The third-order valence-corrected chi connectivity index (χ3v) is 7.81. The molecule has 0 unspecified atom stereocenters. The number of ketones is 1. The number of carbonyl (C=O) groups is 1. The molecule has 0 aromatic heterocycles. The van der Waals surface area contributed by atoms with E-state index >= 15 is 0 Å². The predicted octanol–water partition coefficient (Wildman–Crippen LogP) is 5.95. The van der Waals surface area contributed by atoms with E-state index < -0.39 is 0 Å². The van der Waals surface area contributed by atoms with Gasteiger partial charge in [-0.25, -0.2) is 4.39 Å². The molecular formula is C26H27FO2. The number of fused-ring (bicyclic) bond motifs is 5. The van der Waals surface area contributed by atoms with Gasteiger partial charge in [0, 0.05) is 11.0 Å². The number of hydrogen-bond acceptors (Lipinski definition) is 2. The van der Waals surface area contributed by atoms with E-state index in [9.17, 15) is 9.18 Å². The van der Waals surface area contributed by atoms with Crippen molar-refractivity contribution in [2.45, 2.75) is 44.9 Å². The van der Waals surface area contributed by atoms with E-state index in [1.165, 1.54) is 17.2 Å². The van der Waals surface area contributed by atoms with Gasteiger partial charge in [0.05, 0.1) is 7.11 Å². The van der Waals surface area contributed by atoms with Crippen molar-refractivity contribution in [1.29, 1.82) is 0 Å². The molecule has 150 valence electrons. The third-order valence-electron chi connectivity index (χ3n) is 7.81. The molecule has 0 N–H and O–H groups in total. The summed E-state index contributed by atoms with van der Waals surface area (Å²) in [6.45, 7) is 2.15. The molecule has 0 bridgehead atoms. The molecule has 2 saturated carbocycles. The van der Waals surface area contributed by atoms with Gasteiger partial charge in [-0.2, -0.15) is 0 Å². The Balaban J connectivity index is 1.49. The second kappa shape index (κ2) is 6.83. The third kappa shape index (κ3) is 2.86. The summed E-state index contributed by atoms with van der Waals surface area (Å²) in [6.07, 6.45) is 6.70. The quantitative estimate of drug-likeness (QED) is 0.592. The maximum Gasteiger partial charge on any atom is 0.165 e. The highest BCUT2D eigenvalue weighted by molar-refractivity contribution is 6.06. The number of methoxy groups -OCH3 is 1. The van der Waals surface area contributed by atoms with Gasteiger partial charge in [0.2, 0.25) is 0 Å². The zero-order valence-corrected chi connectivity index (χ0v) is 17.1. The fraction of sp³-hybridized carbons (Fsp3) is 0.423. The summed E-state index contributed by atoms with van der Waals surface area (Å²) < 4.78 is 19.6. The first-order valence-electron chi connectivity index (χ1n) is 10.7. The Morgan fingerprint density at radius 3 is 2.79 bits per heavy atom. The largest absolute Gasteiger partial charge is 0.497 e. The molecule has 0 heterocycles. The van der Waals surface area contributed by atoms with Gasteiger partial charge in [-0.1, -0.05) is 31.2 Å². The maximum atomic E-state index is 14.2. The lowest BCUT2D eigenvalue weighted by molar-refractivity contribution is -0.127. The molecule has 2 nitrogen and oxygen atoms in total. The predicted molar refractivity (Wildman–Crippen MR) is 112 cm³/mol. The molecule has 0 amide bonds. The molecule has 3 aliphatic rings. The van der Waals surface area contributed by atoms with Crippen molar-refractivity contribution in [2.75, 3.05) is 7.11 Å². The van der Waals surface area contributed by atoms with Gasteiger partial charge in [-0.15, -0.1) is 0 Å². The van der Waals surface area contributed by atoms with Crippen molar-refractivity contribution in [3.8, 4) is 5.75 Å². The lowest BCUT2D eigenvalue weighted by atomic mass is 9.55. The number of Topliss-reactive ketones (excluding diaryl/α,β-unsaturated/α-hetero) is 1. The zero-order chi connectivity index (χ0) is 20.2. The fourth-order valence-electron chi connectivity index (χ4n) is 6.27. The number of halogens is 1. The number of aryl methyl sites for hydroxylation is 1. The minimum atomic E-state index is -0.303. The van der Waals surface area contributed by atoms with Crippen LogP contribution in [0.4, 0.5) is 4.39 Å². The molecule has 29 heavy (non-hydrogen) atoms. The Kier molecular flexibility index (Phi) is 4.38. The van der Waals surface area contributed by atoms with Gasteiger partial charge < -0.3 is 4.74 Å². The fourth-order valence-corrected chi connectivity index (χ4v) is 6.27. The Labute approximate surface area is 171 Å². The van der Waals surface area contributed by atoms with Crippen LogP contribution in [0.1, 0.15) is 55.2 Å². The highest BCUT2D eigenvalue weighted by atomic mass is 19.1. The van der Waals surface area contributed by atoms with E-state index in [2.05, 4.69) is 25.1 Å². The van der Waals surface area contributed by atoms with Crippen molar-refractivity contribution < 1.29 is 13.9 Å². The van der Waals surface area contributed by atoms with Crippen LogP contribution < -0.4 is 4.74 Å². The van der Waals surface area contributed by atoms with Gasteiger partial charge in [0.15, 0.2) is 5.78 Å². The summed E-state index contributed by atoms with van der Waals surface area (Å²) in [6, 6.07) is 13.2. The Hall–Kier alpha value is -2.42. The van der Waals surface area contributed by atoms with Gasteiger partial charge in [-0.3, -0.25) is 4.79 Å². The van der Waals surface area contributed by atoms with E-state index in [-0.39, 0.29) is 17.0 Å². The van der Waals surface area contributed by atoms with Gasteiger partial charge in [0.1, 0.15) is 11.6 Å². The highest BCUT2D eigenvalue weighted by Gasteiger charge is 2.56. The Morgan fingerprint density at radius 1 is 1.17 bits per heavy atom. The monoisotopic (exact) mass is 390 g/mol. The molecule has 0 spiro atoms. The maximum absolute atomic E-state index is 14.2.